The predicted octanol–water partition coefficient (Wildman–Crippen LogP) is 3.45. The van der Waals surface area contributed by atoms with E-state index < -0.39 is 5.41 Å². The smallest absolute Gasteiger partial charge is 0.234 e. The van der Waals surface area contributed by atoms with Crippen LogP contribution in [0.4, 0.5) is 5.69 Å². The van der Waals surface area contributed by atoms with Gasteiger partial charge in [0.05, 0.1) is 16.4 Å². The van der Waals surface area contributed by atoms with Crippen LogP contribution in [0.1, 0.15) is 56.8 Å². The van der Waals surface area contributed by atoms with Crippen LogP contribution >= 0.6 is 0 Å². The first kappa shape index (κ1) is 11.9. The summed E-state index contributed by atoms with van der Waals surface area (Å²) in [5, 5.41) is 2.97. The van der Waals surface area contributed by atoms with E-state index in [0.717, 1.165) is 28.1 Å². The number of fused-ring (bicyclic) bond motifs is 2. The Morgan fingerprint density at radius 3 is 2.75 bits per heavy atom. The van der Waals surface area contributed by atoms with E-state index in [9.17, 15) is 4.79 Å². The van der Waals surface area contributed by atoms with Crippen LogP contribution in [0.15, 0.2) is 12.1 Å². The first-order chi connectivity index (χ1) is 9.55. The molecule has 104 valence electrons. The van der Waals surface area contributed by atoms with Crippen molar-refractivity contribution in [2.45, 2.75) is 50.9 Å². The molecule has 4 heteroatoms. The first-order valence-electron chi connectivity index (χ1n) is 7.41. The van der Waals surface area contributed by atoms with Gasteiger partial charge in [-0.2, -0.15) is 0 Å². The highest BCUT2D eigenvalue weighted by molar-refractivity contribution is 6.07. The summed E-state index contributed by atoms with van der Waals surface area (Å²) in [5.41, 5.74) is 3.53. The van der Waals surface area contributed by atoms with Crippen LogP contribution in [0.25, 0.3) is 11.0 Å². The predicted molar refractivity (Wildman–Crippen MR) is 79.0 cm³/mol. The van der Waals surface area contributed by atoms with Crippen LogP contribution in [-0.2, 0) is 10.2 Å². The van der Waals surface area contributed by atoms with E-state index in [1.807, 2.05) is 19.9 Å². The van der Waals surface area contributed by atoms with Gasteiger partial charge in [0.15, 0.2) is 0 Å². The zero-order valence-corrected chi connectivity index (χ0v) is 11.9. The molecule has 2 aliphatic rings. The molecule has 20 heavy (non-hydrogen) atoms. The standard InChI is InChI=1S/C16H19N3O/c1-16(2)10-7-12-13(8-11(10)19-15(16)20)18-14(17-12)9-5-3-4-6-9/h7-9H,3-6H2,1-2H3,(H,17,18)(H,19,20). The molecule has 4 nitrogen and oxygen atoms in total. The van der Waals surface area contributed by atoms with Crippen molar-refractivity contribution in [2.75, 3.05) is 5.32 Å². The number of nitrogens with one attached hydrogen (secondary N) is 2. The maximum atomic E-state index is 12.0. The minimum absolute atomic E-state index is 0.0659. The molecule has 1 fully saturated rings. The van der Waals surface area contributed by atoms with Crippen LogP contribution < -0.4 is 5.32 Å². The monoisotopic (exact) mass is 269 g/mol. The highest BCUT2D eigenvalue weighted by Crippen LogP contribution is 2.40. The maximum Gasteiger partial charge on any atom is 0.234 e. The van der Waals surface area contributed by atoms with Gasteiger partial charge in [-0.3, -0.25) is 4.79 Å². The van der Waals surface area contributed by atoms with E-state index in [1.54, 1.807) is 0 Å². The van der Waals surface area contributed by atoms with Gasteiger partial charge >= 0.3 is 0 Å². The molecule has 0 bridgehead atoms. The topological polar surface area (TPSA) is 57.8 Å². The number of aromatic nitrogens is 2. The lowest BCUT2D eigenvalue weighted by molar-refractivity contribution is -0.119. The fourth-order valence-corrected chi connectivity index (χ4v) is 3.49. The molecule has 1 aliphatic carbocycles. The third-order valence-electron chi connectivity index (χ3n) is 4.87. The van der Waals surface area contributed by atoms with Crippen LogP contribution in [-0.4, -0.2) is 15.9 Å². The van der Waals surface area contributed by atoms with Gasteiger partial charge in [0, 0.05) is 11.6 Å². The van der Waals surface area contributed by atoms with Gasteiger partial charge in [-0.15, -0.1) is 0 Å². The SMILES string of the molecule is CC1(C)C(=O)Nc2cc3[nH]c(C4CCCC4)nc3cc21. The summed E-state index contributed by atoms with van der Waals surface area (Å²) in [7, 11) is 0. The van der Waals surface area contributed by atoms with Crippen molar-refractivity contribution in [1.82, 2.24) is 9.97 Å². The summed E-state index contributed by atoms with van der Waals surface area (Å²) in [6, 6.07) is 4.10. The molecule has 0 spiro atoms. The van der Waals surface area contributed by atoms with Gasteiger partial charge in [0.2, 0.25) is 5.91 Å². The molecule has 1 aliphatic heterocycles. The Hall–Kier alpha value is -1.84. The molecule has 1 amide bonds. The summed E-state index contributed by atoms with van der Waals surface area (Å²) < 4.78 is 0. The summed E-state index contributed by atoms with van der Waals surface area (Å²) in [6.45, 7) is 3.93. The molecule has 1 aromatic carbocycles. The number of amides is 1. The number of anilines is 1. The molecule has 0 atom stereocenters. The normalized spacial score (nSPS) is 21.4. The minimum atomic E-state index is -0.462. The number of H-pyrrole nitrogens is 1. The van der Waals surface area contributed by atoms with Gasteiger partial charge in [-0.25, -0.2) is 4.98 Å². The zero-order chi connectivity index (χ0) is 13.9. The van der Waals surface area contributed by atoms with Crippen LogP contribution in [0.5, 0.6) is 0 Å². The van der Waals surface area contributed by atoms with E-state index >= 15 is 0 Å². The third-order valence-corrected chi connectivity index (χ3v) is 4.87. The zero-order valence-electron chi connectivity index (χ0n) is 11.9. The average molecular weight is 269 g/mol. The van der Waals surface area contributed by atoms with Crippen LogP contribution in [0, 0.1) is 0 Å². The fraction of sp³-hybridized carbons (Fsp3) is 0.500. The van der Waals surface area contributed by atoms with E-state index in [0.29, 0.717) is 5.92 Å². The number of rotatable bonds is 1. The number of aromatic amines is 1. The summed E-state index contributed by atoms with van der Waals surface area (Å²) in [5.74, 6) is 1.77. The second-order valence-corrected chi connectivity index (χ2v) is 6.60. The fourth-order valence-electron chi connectivity index (χ4n) is 3.49. The van der Waals surface area contributed by atoms with E-state index in [4.69, 9.17) is 4.98 Å². The molecule has 1 aromatic heterocycles. The van der Waals surface area contributed by atoms with E-state index in [2.05, 4.69) is 16.4 Å². The van der Waals surface area contributed by atoms with Crippen LogP contribution in [0.3, 0.4) is 0 Å². The Kier molecular flexibility index (Phi) is 2.29. The summed E-state index contributed by atoms with van der Waals surface area (Å²) in [4.78, 5) is 20.2. The first-order valence-corrected chi connectivity index (χ1v) is 7.41. The van der Waals surface area contributed by atoms with Crippen molar-refractivity contribution in [3.8, 4) is 0 Å². The van der Waals surface area contributed by atoms with Crippen molar-refractivity contribution in [3.63, 3.8) is 0 Å². The van der Waals surface area contributed by atoms with Crippen molar-refractivity contribution >= 4 is 22.6 Å². The number of carbonyl (C=O) groups excluding carboxylic acids is 1. The van der Waals surface area contributed by atoms with Gasteiger partial charge in [-0.1, -0.05) is 12.8 Å². The number of carbonyl (C=O) groups is 1. The van der Waals surface area contributed by atoms with Crippen molar-refractivity contribution in [3.05, 3.63) is 23.5 Å². The molecule has 2 heterocycles. The minimum Gasteiger partial charge on any atom is -0.342 e. The molecule has 0 saturated heterocycles. The number of hydrogen-bond donors (Lipinski definition) is 2. The molecule has 0 unspecified atom stereocenters. The third kappa shape index (κ3) is 1.54. The lowest BCUT2D eigenvalue weighted by Gasteiger charge is -2.14. The second-order valence-electron chi connectivity index (χ2n) is 6.60. The lowest BCUT2D eigenvalue weighted by Crippen LogP contribution is -2.26. The quantitative estimate of drug-likeness (QED) is 0.833. The molecular weight excluding hydrogens is 250 g/mol. The largest absolute Gasteiger partial charge is 0.342 e. The maximum absolute atomic E-state index is 12.0. The van der Waals surface area contributed by atoms with E-state index in [1.165, 1.54) is 25.7 Å². The molecule has 2 aromatic rings. The number of nitrogens with zero attached hydrogens (tertiary/aromatic N) is 1. The number of benzene rings is 1. The summed E-state index contributed by atoms with van der Waals surface area (Å²) in [6.07, 6.45) is 5.09. The Morgan fingerprint density at radius 1 is 1.25 bits per heavy atom. The Morgan fingerprint density at radius 2 is 2.00 bits per heavy atom. The van der Waals surface area contributed by atoms with Crippen LogP contribution in [0.2, 0.25) is 0 Å². The molecule has 2 N–H and O–H groups in total. The average Bonchev–Trinajstić information content (AvgIpc) is 3.08. The lowest BCUT2D eigenvalue weighted by atomic mass is 9.86. The number of imidazole rings is 1. The van der Waals surface area contributed by atoms with Crippen molar-refractivity contribution in [1.29, 1.82) is 0 Å². The molecular formula is C16H19N3O. The van der Waals surface area contributed by atoms with Gasteiger partial charge in [0.25, 0.3) is 0 Å². The van der Waals surface area contributed by atoms with Crippen molar-refractivity contribution < 1.29 is 4.79 Å². The summed E-state index contributed by atoms with van der Waals surface area (Å²) >= 11 is 0. The van der Waals surface area contributed by atoms with Gasteiger partial charge < -0.3 is 10.3 Å². The highest BCUT2D eigenvalue weighted by Gasteiger charge is 2.38. The number of hydrogen-bond acceptors (Lipinski definition) is 2. The van der Waals surface area contributed by atoms with Gasteiger partial charge in [0.1, 0.15) is 5.82 Å². The van der Waals surface area contributed by atoms with Crippen molar-refractivity contribution in [2.24, 2.45) is 0 Å². The van der Waals surface area contributed by atoms with E-state index in [-0.39, 0.29) is 5.91 Å². The van der Waals surface area contributed by atoms with Gasteiger partial charge in [-0.05, 0) is 44.4 Å². The highest BCUT2D eigenvalue weighted by atomic mass is 16.2. The Labute approximate surface area is 118 Å². The molecule has 0 radical (unpaired) electrons. The molecule has 1 saturated carbocycles. The Balaban J connectivity index is 1.84. The Bertz CT molecular complexity index is 708. The molecule has 4 rings (SSSR count). The second kappa shape index (κ2) is 3.84.